The molecule has 0 aliphatic carbocycles. The first kappa shape index (κ1) is 8.61. The Morgan fingerprint density at radius 3 is 2.45 bits per heavy atom. The Kier molecular flexibility index (Phi) is 2.56. The molecule has 0 saturated heterocycles. The van der Waals surface area contributed by atoms with Gasteiger partial charge in [-0.05, 0) is 43.0 Å². The van der Waals surface area contributed by atoms with Crippen molar-refractivity contribution in [1.29, 1.82) is 0 Å². The molecule has 1 rings (SSSR count). The number of halogens is 1. The number of benzene rings is 1. The van der Waals surface area contributed by atoms with Crippen LogP contribution in [0.3, 0.4) is 0 Å². The summed E-state index contributed by atoms with van der Waals surface area (Å²) in [6.45, 7) is 8.05. The fourth-order valence-corrected chi connectivity index (χ4v) is 1.38. The second-order valence-electron chi connectivity index (χ2n) is 2.84. The second kappa shape index (κ2) is 3.27. The summed E-state index contributed by atoms with van der Waals surface area (Å²) in [5, 5.41) is 0. The van der Waals surface area contributed by atoms with E-state index < -0.39 is 0 Å². The Morgan fingerprint density at radius 1 is 1.27 bits per heavy atom. The van der Waals surface area contributed by atoms with Crippen LogP contribution in [-0.4, -0.2) is 0 Å². The summed E-state index contributed by atoms with van der Waals surface area (Å²) in [6.07, 6.45) is 0. The summed E-state index contributed by atoms with van der Waals surface area (Å²) in [4.78, 5) is 0. The lowest BCUT2D eigenvalue weighted by molar-refractivity contribution is 1.25. The lowest BCUT2D eigenvalue weighted by Gasteiger charge is -2.05. The maximum Gasteiger partial charge on any atom is 0.0476 e. The van der Waals surface area contributed by atoms with Gasteiger partial charge in [0.05, 0.1) is 0 Å². The van der Waals surface area contributed by atoms with Gasteiger partial charge in [0, 0.05) is 5.88 Å². The molecule has 59 valence electrons. The quantitative estimate of drug-likeness (QED) is 0.564. The largest absolute Gasteiger partial charge is 0.122 e. The molecule has 1 aromatic rings. The lowest BCUT2D eigenvalue weighted by Crippen LogP contribution is -1.89. The molecular weight excluding hydrogens is 156 g/mol. The zero-order valence-corrected chi connectivity index (χ0v) is 7.70. The average molecular weight is 168 g/mol. The van der Waals surface area contributed by atoms with Gasteiger partial charge >= 0.3 is 0 Å². The third-order valence-electron chi connectivity index (χ3n) is 1.94. The molecule has 0 saturated carbocycles. The number of aryl methyl sites for hydroxylation is 2. The van der Waals surface area contributed by atoms with Crippen LogP contribution in [0.15, 0.2) is 12.1 Å². The smallest absolute Gasteiger partial charge is 0.0476 e. The molecule has 0 unspecified atom stereocenters. The Hall–Kier alpha value is -0.490. The second-order valence-corrected chi connectivity index (χ2v) is 3.11. The number of rotatable bonds is 1. The van der Waals surface area contributed by atoms with Gasteiger partial charge in [0.15, 0.2) is 0 Å². The van der Waals surface area contributed by atoms with Crippen LogP contribution < -0.4 is 0 Å². The minimum absolute atomic E-state index is 0.578. The van der Waals surface area contributed by atoms with Crippen LogP contribution in [0.25, 0.3) is 0 Å². The number of hydrogen-bond donors (Lipinski definition) is 0. The number of hydrogen-bond acceptors (Lipinski definition) is 0. The molecule has 1 heteroatoms. The highest BCUT2D eigenvalue weighted by Crippen LogP contribution is 2.16. The van der Waals surface area contributed by atoms with Crippen LogP contribution >= 0.6 is 11.6 Å². The van der Waals surface area contributed by atoms with E-state index in [1.54, 1.807) is 0 Å². The van der Waals surface area contributed by atoms with Crippen molar-refractivity contribution in [1.82, 2.24) is 0 Å². The summed E-state index contributed by atoms with van der Waals surface area (Å²) in [6, 6.07) is 4.18. The molecular formula is C10H12Cl. The molecule has 0 aliphatic rings. The first-order chi connectivity index (χ1) is 5.15. The van der Waals surface area contributed by atoms with Crippen molar-refractivity contribution < 1.29 is 0 Å². The van der Waals surface area contributed by atoms with E-state index in [2.05, 4.69) is 32.9 Å². The molecule has 0 aromatic heterocycles. The van der Waals surface area contributed by atoms with Crippen LogP contribution in [0.5, 0.6) is 0 Å². The van der Waals surface area contributed by atoms with E-state index in [-0.39, 0.29) is 0 Å². The first-order valence-electron chi connectivity index (χ1n) is 3.63. The van der Waals surface area contributed by atoms with Gasteiger partial charge in [-0.2, -0.15) is 0 Å². The molecule has 0 spiro atoms. The van der Waals surface area contributed by atoms with Gasteiger partial charge < -0.3 is 0 Å². The average Bonchev–Trinajstić information content (AvgIpc) is 1.97. The van der Waals surface area contributed by atoms with Gasteiger partial charge in [0.1, 0.15) is 0 Å². The summed E-state index contributed by atoms with van der Waals surface area (Å²) in [5.74, 6) is 0.578. The molecule has 0 bridgehead atoms. The molecule has 0 N–H and O–H groups in total. The topological polar surface area (TPSA) is 0 Å². The van der Waals surface area contributed by atoms with E-state index in [4.69, 9.17) is 11.6 Å². The Bertz CT molecular complexity index is 264. The highest BCUT2D eigenvalue weighted by molar-refractivity contribution is 6.17. The summed E-state index contributed by atoms with van der Waals surface area (Å²) in [7, 11) is 0. The molecule has 0 aliphatic heterocycles. The number of alkyl halides is 1. The van der Waals surface area contributed by atoms with Crippen molar-refractivity contribution in [3.05, 3.63) is 41.3 Å². The van der Waals surface area contributed by atoms with E-state index in [9.17, 15) is 0 Å². The van der Waals surface area contributed by atoms with Crippen molar-refractivity contribution in [2.75, 3.05) is 0 Å². The minimum atomic E-state index is 0.578. The lowest BCUT2D eigenvalue weighted by atomic mass is 10.0. The highest BCUT2D eigenvalue weighted by Gasteiger charge is 1.99. The van der Waals surface area contributed by atoms with Crippen molar-refractivity contribution >= 4 is 11.6 Å². The molecule has 1 aromatic carbocycles. The Balaban J connectivity index is 3.21. The van der Waals surface area contributed by atoms with Crippen molar-refractivity contribution in [3.63, 3.8) is 0 Å². The molecule has 0 nitrogen and oxygen atoms in total. The zero-order valence-electron chi connectivity index (χ0n) is 6.95. The van der Waals surface area contributed by atoms with Gasteiger partial charge in [0.2, 0.25) is 0 Å². The van der Waals surface area contributed by atoms with Crippen LogP contribution in [-0.2, 0) is 5.88 Å². The van der Waals surface area contributed by atoms with Crippen molar-refractivity contribution in [3.8, 4) is 0 Å². The van der Waals surface area contributed by atoms with Gasteiger partial charge in [-0.3, -0.25) is 0 Å². The maximum absolute atomic E-state index is 5.73. The predicted octanol–water partition coefficient (Wildman–Crippen LogP) is 3.22. The molecule has 0 fully saturated rings. The molecule has 11 heavy (non-hydrogen) atoms. The zero-order chi connectivity index (χ0) is 8.43. The standard InChI is InChI=1S/C10H12Cl/c1-7-4-9(3)10(6-11)5-8(7)2/h4-5H,2,6H2,1,3H3. The molecule has 0 heterocycles. The van der Waals surface area contributed by atoms with Gasteiger partial charge in [-0.25, -0.2) is 0 Å². The summed E-state index contributed by atoms with van der Waals surface area (Å²) in [5.41, 5.74) is 4.75. The van der Waals surface area contributed by atoms with Crippen LogP contribution in [0.2, 0.25) is 0 Å². The van der Waals surface area contributed by atoms with Gasteiger partial charge in [0.25, 0.3) is 0 Å². The Morgan fingerprint density at radius 2 is 1.91 bits per heavy atom. The van der Waals surface area contributed by atoms with Crippen LogP contribution in [0.1, 0.15) is 22.3 Å². The van der Waals surface area contributed by atoms with Crippen LogP contribution in [0, 0.1) is 20.8 Å². The normalized spacial score (nSPS) is 10.2. The van der Waals surface area contributed by atoms with Crippen molar-refractivity contribution in [2.24, 2.45) is 0 Å². The Labute approximate surface area is 73.2 Å². The monoisotopic (exact) mass is 167 g/mol. The van der Waals surface area contributed by atoms with E-state index in [1.807, 2.05) is 0 Å². The first-order valence-corrected chi connectivity index (χ1v) is 4.16. The van der Waals surface area contributed by atoms with Crippen molar-refractivity contribution in [2.45, 2.75) is 19.7 Å². The van der Waals surface area contributed by atoms with E-state index in [0.717, 1.165) is 5.56 Å². The predicted molar refractivity (Wildman–Crippen MR) is 49.9 cm³/mol. The highest BCUT2D eigenvalue weighted by atomic mass is 35.5. The van der Waals surface area contributed by atoms with E-state index in [1.165, 1.54) is 16.7 Å². The third kappa shape index (κ3) is 1.75. The van der Waals surface area contributed by atoms with Gasteiger partial charge in [-0.1, -0.05) is 12.1 Å². The van der Waals surface area contributed by atoms with Gasteiger partial charge in [-0.15, -0.1) is 11.6 Å². The fourth-order valence-electron chi connectivity index (χ4n) is 1.09. The summed E-state index contributed by atoms with van der Waals surface area (Å²) >= 11 is 5.73. The van der Waals surface area contributed by atoms with E-state index >= 15 is 0 Å². The minimum Gasteiger partial charge on any atom is -0.122 e. The third-order valence-corrected chi connectivity index (χ3v) is 2.23. The maximum atomic E-state index is 5.73. The molecule has 0 atom stereocenters. The SMILES string of the molecule is [CH2]c1cc(CCl)c(C)cc1C. The molecule has 0 amide bonds. The van der Waals surface area contributed by atoms with E-state index in [0.29, 0.717) is 5.88 Å². The van der Waals surface area contributed by atoms with Crippen LogP contribution in [0.4, 0.5) is 0 Å². The molecule has 1 radical (unpaired) electrons. The fraction of sp³-hybridized carbons (Fsp3) is 0.300. The summed E-state index contributed by atoms with van der Waals surface area (Å²) < 4.78 is 0.